The Morgan fingerprint density at radius 3 is 2.71 bits per heavy atom. The van der Waals surface area contributed by atoms with Gasteiger partial charge in [-0.3, -0.25) is 4.79 Å². The molecule has 0 radical (unpaired) electrons. The first kappa shape index (κ1) is 17.1. The molecule has 5 rings (SSSR count). The molecule has 28 heavy (non-hydrogen) atoms. The second-order valence-corrected chi connectivity index (χ2v) is 7.64. The van der Waals surface area contributed by atoms with Gasteiger partial charge in [-0.25, -0.2) is 9.97 Å². The number of rotatable bonds is 4. The number of benzene rings is 1. The molecule has 1 unspecified atom stereocenters. The van der Waals surface area contributed by atoms with Crippen LogP contribution in [-0.4, -0.2) is 25.9 Å². The number of hydrogen-bond donors (Lipinski definition) is 0. The van der Waals surface area contributed by atoms with Crippen molar-refractivity contribution >= 4 is 0 Å². The van der Waals surface area contributed by atoms with Crippen LogP contribution in [0.15, 0.2) is 47.7 Å². The van der Waals surface area contributed by atoms with Crippen LogP contribution >= 0.6 is 0 Å². The molecule has 0 bridgehead atoms. The van der Waals surface area contributed by atoms with E-state index in [2.05, 4.69) is 40.2 Å². The first-order valence-electron chi connectivity index (χ1n) is 9.84. The molecule has 1 atom stereocenters. The van der Waals surface area contributed by atoms with E-state index >= 15 is 0 Å². The maximum absolute atomic E-state index is 12.9. The highest BCUT2D eigenvalue weighted by atomic mass is 16.5. The minimum atomic E-state index is -0.107. The summed E-state index contributed by atoms with van der Waals surface area (Å²) in [5, 5.41) is 4.33. The molecule has 2 aromatic heterocycles. The van der Waals surface area contributed by atoms with E-state index in [1.165, 1.54) is 15.8 Å². The Balaban J connectivity index is 1.45. The summed E-state index contributed by atoms with van der Waals surface area (Å²) in [7, 11) is 0. The molecule has 0 N–H and O–H groups in total. The molecule has 0 amide bonds. The summed E-state index contributed by atoms with van der Waals surface area (Å²) in [5.41, 5.74) is 4.30. The van der Waals surface area contributed by atoms with E-state index in [1.54, 1.807) is 24.7 Å². The van der Waals surface area contributed by atoms with Crippen molar-refractivity contribution in [2.45, 2.75) is 51.0 Å². The summed E-state index contributed by atoms with van der Waals surface area (Å²) in [6.45, 7) is 2.14. The average Bonchev–Trinajstić information content (AvgIpc) is 3.54. The molecular formula is C22H22N4O2. The fourth-order valence-electron chi connectivity index (χ4n) is 4.03. The van der Waals surface area contributed by atoms with Crippen molar-refractivity contribution in [2.75, 3.05) is 0 Å². The summed E-state index contributed by atoms with van der Waals surface area (Å²) in [5.74, 6) is 1.69. The maximum Gasteiger partial charge on any atom is 0.277 e. The van der Waals surface area contributed by atoms with E-state index in [1.807, 2.05) is 0 Å². The highest BCUT2D eigenvalue weighted by Gasteiger charge is 2.28. The zero-order valence-corrected chi connectivity index (χ0v) is 15.8. The Kier molecular flexibility index (Phi) is 4.19. The van der Waals surface area contributed by atoms with Crippen LogP contribution in [0, 0.1) is 6.92 Å². The van der Waals surface area contributed by atoms with Gasteiger partial charge in [0.2, 0.25) is 0 Å². The largest absolute Gasteiger partial charge is 0.490 e. The maximum atomic E-state index is 12.9. The number of aromatic nitrogens is 4. The summed E-state index contributed by atoms with van der Waals surface area (Å²) in [6, 6.07) is 8.06. The van der Waals surface area contributed by atoms with Gasteiger partial charge in [0.25, 0.3) is 11.5 Å². The molecule has 0 aliphatic heterocycles. The highest BCUT2D eigenvalue weighted by molar-refractivity contribution is 5.43. The summed E-state index contributed by atoms with van der Waals surface area (Å²) < 4.78 is 7.36. The molecule has 6 nitrogen and oxygen atoms in total. The monoisotopic (exact) mass is 374 g/mol. The van der Waals surface area contributed by atoms with Crippen LogP contribution in [0.3, 0.4) is 0 Å². The second kappa shape index (κ2) is 6.86. The fourth-order valence-corrected chi connectivity index (χ4v) is 4.03. The van der Waals surface area contributed by atoms with Gasteiger partial charge in [-0.15, -0.1) is 0 Å². The van der Waals surface area contributed by atoms with Crippen LogP contribution in [0.25, 0.3) is 5.95 Å². The normalized spacial score (nSPS) is 18.5. The van der Waals surface area contributed by atoms with Gasteiger partial charge in [0.15, 0.2) is 0 Å². The third-order valence-corrected chi connectivity index (χ3v) is 5.70. The summed E-state index contributed by atoms with van der Waals surface area (Å²) >= 11 is 0. The predicted octanol–water partition coefficient (Wildman–Crippen LogP) is 3.14. The molecular weight excluding hydrogens is 352 g/mol. The summed E-state index contributed by atoms with van der Waals surface area (Å²) in [6.07, 6.45) is 10.2. The smallest absolute Gasteiger partial charge is 0.277 e. The van der Waals surface area contributed by atoms with Gasteiger partial charge in [0.05, 0.1) is 12.3 Å². The van der Waals surface area contributed by atoms with Gasteiger partial charge >= 0.3 is 0 Å². The first-order valence-corrected chi connectivity index (χ1v) is 9.84. The first-order chi connectivity index (χ1) is 13.7. The third-order valence-electron chi connectivity index (χ3n) is 5.70. The molecule has 0 spiro atoms. The van der Waals surface area contributed by atoms with Gasteiger partial charge in [0.1, 0.15) is 5.75 Å². The third kappa shape index (κ3) is 3.09. The molecule has 0 saturated heterocycles. The van der Waals surface area contributed by atoms with Crippen molar-refractivity contribution in [3.8, 4) is 11.7 Å². The Hall–Kier alpha value is -3.02. The van der Waals surface area contributed by atoms with Crippen molar-refractivity contribution in [1.82, 2.24) is 19.7 Å². The minimum Gasteiger partial charge on any atom is -0.490 e. The number of fused-ring (bicyclic) bond motifs is 1. The molecule has 1 aromatic carbocycles. The molecule has 1 saturated carbocycles. The van der Waals surface area contributed by atoms with Crippen molar-refractivity contribution < 1.29 is 4.74 Å². The van der Waals surface area contributed by atoms with E-state index in [0.29, 0.717) is 18.0 Å². The Morgan fingerprint density at radius 2 is 1.93 bits per heavy atom. The van der Waals surface area contributed by atoms with Crippen molar-refractivity contribution in [2.24, 2.45) is 0 Å². The average molecular weight is 374 g/mol. The van der Waals surface area contributed by atoms with Crippen LogP contribution in [0.2, 0.25) is 0 Å². The number of nitrogens with zero attached hydrogens (tertiary/aromatic N) is 4. The van der Waals surface area contributed by atoms with Gasteiger partial charge in [-0.1, -0.05) is 12.1 Å². The predicted molar refractivity (Wildman–Crippen MR) is 105 cm³/mol. The molecule has 142 valence electrons. The standard InChI is InChI=1S/C22H22N4O2/c1-14-18(4-2-5-20(14)28-17-7-8-17)15-6-9-19-16(12-15)13-25-26(21(19)27)22-23-10-3-11-24-22/h2-5,10-11,13,15,17H,6-9,12H2,1H3. The van der Waals surface area contributed by atoms with Crippen LogP contribution in [0.5, 0.6) is 5.75 Å². The lowest BCUT2D eigenvalue weighted by atomic mass is 9.79. The molecule has 2 aliphatic carbocycles. The molecule has 2 heterocycles. The number of hydrogen-bond acceptors (Lipinski definition) is 5. The van der Waals surface area contributed by atoms with E-state index in [4.69, 9.17) is 4.74 Å². The Bertz CT molecular complexity index is 1070. The quantitative estimate of drug-likeness (QED) is 0.702. The lowest BCUT2D eigenvalue weighted by Gasteiger charge is -2.26. The van der Waals surface area contributed by atoms with Crippen molar-refractivity contribution in [3.05, 3.63) is 75.5 Å². The van der Waals surface area contributed by atoms with Crippen LogP contribution < -0.4 is 10.3 Å². The van der Waals surface area contributed by atoms with Crippen LogP contribution in [-0.2, 0) is 12.8 Å². The Labute approximate surface area is 163 Å². The molecule has 1 fully saturated rings. The van der Waals surface area contributed by atoms with Crippen molar-refractivity contribution in [1.29, 1.82) is 0 Å². The fraction of sp³-hybridized carbons (Fsp3) is 0.364. The van der Waals surface area contributed by atoms with E-state index in [-0.39, 0.29) is 5.56 Å². The van der Waals surface area contributed by atoms with E-state index < -0.39 is 0 Å². The molecule has 6 heteroatoms. The topological polar surface area (TPSA) is 69.9 Å². The SMILES string of the molecule is Cc1c(OC2CC2)cccc1C1CCc2c(cnn(-c3ncccn3)c2=O)C1. The zero-order valence-electron chi connectivity index (χ0n) is 15.8. The summed E-state index contributed by atoms with van der Waals surface area (Å²) in [4.78, 5) is 21.2. The van der Waals surface area contributed by atoms with Crippen LogP contribution in [0.4, 0.5) is 0 Å². The van der Waals surface area contributed by atoms with Crippen LogP contribution in [0.1, 0.15) is 47.4 Å². The lowest BCUT2D eigenvalue weighted by molar-refractivity contribution is 0.300. The van der Waals surface area contributed by atoms with E-state index in [0.717, 1.165) is 49.0 Å². The van der Waals surface area contributed by atoms with Gasteiger partial charge in [-0.05, 0) is 73.8 Å². The number of ether oxygens (including phenoxy) is 1. The lowest BCUT2D eigenvalue weighted by Crippen LogP contribution is -2.30. The minimum absolute atomic E-state index is 0.107. The molecule has 2 aliphatic rings. The highest BCUT2D eigenvalue weighted by Crippen LogP contribution is 2.37. The second-order valence-electron chi connectivity index (χ2n) is 7.64. The van der Waals surface area contributed by atoms with Gasteiger partial charge < -0.3 is 4.74 Å². The van der Waals surface area contributed by atoms with E-state index in [9.17, 15) is 4.79 Å². The van der Waals surface area contributed by atoms with Crippen molar-refractivity contribution in [3.63, 3.8) is 0 Å². The van der Waals surface area contributed by atoms with Gasteiger partial charge in [-0.2, -0.15) is 9.78 Å². The Morgan fingerprint density at radius 1 is 1.11 bits per heavy atom. The zero-order chi connectivity index (χ0) is 19.1. The molecule has 3 aromatic rings. The van der Waals surface area contributed by atoms with Gasteiger partial charge in [0, 0.05) is 18.0 Å².